The van der Waals surface area contributed by atoms with Gasteiger partial charge in [-0.2, -0.15) is 0 Å². The maximum absolute atomic E-state index is 12.6. The van der Waals surface area contributed by atoms with Crippen molar-refractivity contribution in [3.05, 3.63) is 59.7 Å². The van der Waals surface area contributed by atoms with Crippen molar-refractivity contribution in [1.82, 2.24) is 10.6 Å². The Morgan fingerprint density at radius 1 is 0.970 bits per heavy atom. The van der Waals surface area contributed by atoms with E-state index in [1.54, 1.807) is 6.92 Å². The highest BCUT2D eigenvalue weighted by atomic mass is 16.5. The summed E-state index contributed by atoms with van der Waals surface area (Å²) in [6.07, 6.45) is -0.00419. The molecule has 1 aliphatic rings. The molecule has 4 N–H and O–H groups in total. The maximum atomic E-state index is 12.6. The first-order chi connectivity index (χ1) is 15.9. The van der Waals surface area contributed by atoms with Crippen molar-refractivity contribution < 1.29 is 29.3 Å². The smallest absolute Gasteiger partial charge is 0.407 e. The highest BCUT2D eigenvalue weighted by Crippen LogP contribution is 2.44. The van der Waals surface area contributed by atoms with E-state index in [1.807, 2.05) is 48.5 Å². The second kappa shape index (κ2) is 11.5. The summed E-state index contributed by atoms with van der Waals surface area (Å²) in [4.78, 5) is 36.2. The van der Waals surface area contributed by atoms with Crippen LogP contribution < -0.4 is 10.6 Å². The van der Waals surface area contributed by atoms with E-state index in [-0.39, 0.29) is 38.0 Å². The number of carbonyl (C=O) groups excluding carboxylic acids is 2. The Bertz CT molecular complexity index is 947. The molecule has 1 aliphatic carbocycles. The summed E-state index contributed by atoms with van der Waals surface area (Å²) in [6.45, 7) is 1.90. The molecule has 176 valence electrons. The van der Waals surface area contributed by atoms with Crippen molar-refractivity contribution in [2.24, 2.45) is 0 Å². The molecule has 0 heterocycles. The predicted molar refractivity (Wildman–Crippen MR) is 123 cm³/mol. The summed E-state index contributed by atoms with van der Waals surface area (Å²) >= 11 is 0. The Morgan fingerprint density at radius 2 is 1.58 bits per heavy atom. The van der Waals surface area contributed by atoms with Crippen LogP contribution in [0.3, 0.4) is 0 Å². The number of amides is 2. The molecule has 0 aliphatic heterocycles. The lowest BCUT2D eigenvalue weighted by Crippen LogP contribution is -2.49. The van der Waals surface area contributed by atoms with Gasteiger partial charge in [-0.15, -0.1) is 0 Å². The van der Waals surface area contributed by atoms with Crippen LogP contribution in [0.15, 0.2) is 48.5 Å². The van der Waals surface area contributed by atoms with Gasteiger partial charge in [-0.05, 0) is 48.4 Å². The van der Waals surface area contributed by atoms with E-state index >= 15 is 0 Å². The lowest BCUT2D eigenvalue weighted by molar-refractivity contribution is -0.137. The zero-order valence-corrected chi connectivity index (χ0v) is 18.6. The van der Waals surface area contributed by atoms with Crippen molar-refractivity contribution in [3.63, 3.8) is 0 Å². The van der Waals surface area contributed by atoms with Gasteiger partial charge in [0.1, 0.15) is 12.6 Å². The van der Waals surface area contributed by atoms with Gasteiger partial charge in [0.2, 0.25) is 5.91 Å². The molecule has 2 atom stereocenters. The maximum Gasteiger partial charge on any atom is 0.407 e. The number of rotatable bonds is 11. The fourth-order valence-corrected chi connectivity index (χ4v) is 4.13. The molecular formula is C25H30N2O6. The summed E-state index contributed by atoms with van der Waals surface area (Å²) in [5.74, 6) is -1.65. The summed E-state index contributed by atoms with van der Waals surface area (Å²) in [7, 11) is 0. The molecule has 2 unspecified atom stereocenters. The van der Waals surface area contributed by atoms with Crippen LogP contribution in [-0.2, 0) is 14.3 Å². The third-order valence-electron chi connectivity index (χ3n) is 5.78. The van der Waals surface area contributed by atoms with Crippen molar-refractivity contribution in [3.8, 4) is 11.1 Å². The number of aliphatic hydroxyl groups excluding tert-OH is 1. The molecule has 8 heteroatoms. The molecule has 2 amide bonds. The molecular weight excluding hydrogens is 424 g/mol. The second-order valence-electron chi connectivity index (χ2n) is 8.23. The van der Waals surface area contributed by atoms with Gasteiger partial charge in [0.15, 0.2) is 0 Å². The van der Waals surface area contributed by atoms with Crippen LogP contribution in [-0.4, -0.2) is 53.5 Å². The van der Waals surface area contributed by atoms with Crippen LogP contribution in [0.4, 0.5) is 4.79 Å². The predicted octanol–water partition coefficient (Wildman–Crippen LogP) is 3.04. The summed E-state index contributed by atoms with van der Waals surface area (Å²) in [6, 6.07) is 14.7. The minimum absolute atomic E-state index is 0.0145. The van der Waals surface area contributed by atoms with E-state index in [9.17, 15) is 14.4 Å². The SMILES string of the molecule is CC(CCCO)NC(=O)C(CCC(=O)O)NC(=O)OCC1c2ccccc2-c2ccccc21. The van der Waals surface area contributed by atoms with Gasteiger partial charge in [-0.3, -0.25) is 9.59 Å². The quantitative estimate of drug-likeness (QED) is 0.414. The highest BCUT2D eigenvalue weighted by molar-refractivity contribution is 5.86. The van der Waals surface area contributed by atoms with Gasteiger partial charge in [-0.25, -0.2) is 4.79 Å². The van der Waals surface area contributed by atoms with Crippen LogP contribution in [0.1, 0.15) is 49.7 Å². The van der Waals surface area contributed by atoms with Gasteiger partial charge in [0.25, 0.3) is 0 Å². The third kappa shape index (κ3) is 6.32. The summed E-state index contributed by atoms with van der Waals surface area (Å²) in [5, 5.41) is 23.2. The standard InChI is InChI=1S/C25H30N2O6/c1-16(7-6-14-28)26-24(31)22(12-13-23(29)30)27-25(32)33-15-21-19-10-4-2-8-17(19)18-9-3-5-11-20(18)21/h2-5,8-11,16,21-22,28H,6-7,12-15H2,1H3,(H,26,31)(H,27,32)(H,29,30). The van der Waals surface area contributed by atoms with Crippen molar-refractivity contribution >= 4 is 18.0 Å². The minimum Gasteiger partial charge on any atom is -0.481 e. The second-order valence-corrected chi connectivity index (χ2v) is 8.23. The van der Waals surface area contributed by atoms with Crippen LogP contribution in [0.2, 0.25) is 0 Å². The first-order valence-electron chi connectivity index (χ1n) is 11.1. The van der Waals surface area contributed by atoms with Gasteiger partial charge < -0.3 is 25.6 Å². The molecule has 8 nitrogen and oxygen atoms in total. The normalized spacial score (nSPS) is 14.0. The van der Waals surface area contributed by atoms with Crippen molar-refractivity contribution in [1.29, 1.82) is 0 Å². The zero-order valence-electron chi connectivity index (χ0n) is 18.6. The van der Waals surface area contributed by atoms with E-state index in [2.05, 4.69) is 10.6 Å². The lowest BCUT2D eigenvalue weighted by Gasteiger charge is -2.21. The molecule has 0 spiro atoms. The fraction of sp³-hybridized carbons (Fsp3) is 0.400. The molecule has 0 aromatic heterocycles. The van der Waals surface area contributed by atoms with Crippen molar-refractivity contribution in [2.45, 2.75) is 50.6 Å². The number of alkyl carbamates (subject to hydrolysis) is 1. The molecule has 33 heavy (non-hydrogen) atoms. The van der Waals surface area contributed by atoms with Gasteiger partial charge in [-0.1, -0.05) is 48.5 Å². The number of ether oxygens (including phenoxy) is 1. The average Bonchev–Trinajstić information content (AvgIpc) is 3.12. The molecule has 0 saturated heterocycles. The van der Waals surface area contributed by atoms with E-state index in [4.69, 9.17) is 14.9 Å². The van der Waals surface area contributed by atoms with Crippen LogP contribution >= 0.6 is 0 Å². The number of carbonyl (C=O) groups is 3. The number of aliphatic hydroxyl groups is 1. The molecule has 2 aromatic carbocycles. The van der Waals surface area contributed by atoms with Crippen LogP contribution in [0.5, 0.6) is 0 Å². The van der Waals surface area contributed by atoms with Gasteiger partial charge in [0, 0.05) is 25.0 Å². The Balaban J connectivity index is 1.63. The topological polar surface area (TPSA) is 125 Å². The molecule has 3 rings (SSSR count). The number of hydrogen-bond acceptors (Lipinski definition) is 5. The Hall–Kier alpha value is -3.39. The number of carboxylic acid groups (broad SMARTS) is 1. The summed E-state index contributed by atoms with van der Waals surface area (Å²) < 4.78 is 5.49. The molecule has 0 radical (unpaired) electrons. The lowest BCUT2D eigenvalue weighted by atomic mass is 9.98. The first kappa shape index (κ1) is 24.3. The average molecular weight is 455 g/mol. The molecule has 0 saturated carbocycles. The minimum atomic E-state index is -1.06. The first-order valence-corrected chi connectivity index (χ1v) is 11.1. The fourth-order valence-electron chi connectivity index (χ4n) is 4.13. The highest BCUT2D eigenvalue weighted by Gasteiger charge is 2.30. The van der Waals surface area contributed by atoms with E-state index in [1.165, 1.54) is 0 Å². The summed E-state index contributed by atoms with van der Waals surface area (Å²) in [5.41, 5.74) is 4.36. The van der Waals surface area contributed by atoms with E-state index in [0.29, 0.717) is 12.8 Å². The Labute approximate surface area is 193 Å². The number of carboxylic acids is 1. The van der Waals surface area contributed by atoms with E-state index in [0.717, 1.165) is 22.3 Å². The van der Waals surface area contributed by atoms with Gasteiger partial charge in [0.05, 0.1) is 0 Å². The van der Waals surface area contributed by atoms with E-state index < -0.39 is 24.0 Å². The number of fused-ring (bicyclic) bond motifs is 3. The van der Waals surface area contributed by atoms with Crippen LogP contribution in [0.25, 0.3) is 11.1 Å². The number of aliphatic carboxylic acids is 1. The molecule has 2 aromatic rings. The Kier molecular flexibility index (Phi) is 8.43. The number of benzene rings is 2. The van der Waals surface area contributed by atoms with Crippen molar-refractivity contribution in [2.75, 3.05) is 13.2 Å². The molecule has 0 bridgehead atoms. The monoisotopic (exact) mass is 454 g/mol. The van der Waals surface area contributed by atoms with Crippen LogP contribution in [0, 0.1) is 0 Å². The van der Waals surface area contributed by atoms with Gasteiger partial charge >= 0.3 is 12.1 Å². The third-order valence-corrected chi connectivity index (χ3v) is 5.78. The molecule has 0 fully saturated rings. The zero-order chi connectivity index (χ0) is 23.8. The largest absolute Gasteiger partial charge is 0.481 e. The number of hydrogen-bond donors (Lipinski definition) is 4. The number of nitrogens with one attached hydrogen (secondary N) is 2. The Morgan fingerprint density at radius 3 is 2.15 bits per heavy atom.